The number of carbonyl (C=O) groups is 3. The fourth-order valence-corrected chi connectivity index (χ4v) is 3.71. The van der Waals surface area contributed by atoms with Crippen LogP contribution in [0.1, 0.15) is 44.0 Å². The summed E-state index contributed by atoms with van der Waals surface area (Å²) in [5, 5.41) is 7.27. The number of nitrogens with zero attached hydrogens (tertiary/aromatic N) is 2. The SMILES string of the molecule is CC(C)(C)OC(=O)N1CCCC(NC(=O)c2cn(-c3cccc(F)c3)cc2NC(=O)NCC(F)F)C1. The van der Waals surface area contributed by atoms with E-state index in [0.29, 0.717) is 25.1 Å². The molecule has 1 fully saturated rings. The molecule has 12 heteroatoms. The van der Waals surface area contributed by atoms with Crippen LogP contribution >= 0.6 is 0 Å². The monoisotopic (exact) mass is 509 g/mol. The van der Waals surface area contributed by atoms with Crippen LogP contribution in [0.3, 0.4) is 0 Å². The molecule has 2 heterocycles. The molecule has 0 aliphatic carbocycles. The zero-order chi connectivity index (χ0) is 26.5. The van der Waals surface area contributed by atoms with Crippen LogP contribution in [0.5, 0.6) is 0 Å². The van der Waals surface area contributed by atoms with Crippen molar-refractivity contribution in [2.24, 2.45) is 0 Å². The molecule has 1 saturated heterocycles. The van der Waals surface area contributed by atoms with E-state index in [4.69, 9.17) is 4.74 Å². The summed E-state index contributed by atoms with van der Waals surface area (Å²) in [5.74, 6) is -1.05. The summed E-state index contributed by atoms with van der Waals surface area (Å²) in [5.41, 5.74) is -0.179. The molecular weight excluding hydrogens is 479 g/mol. The highest BCUT2D eigenvalue weighted by Crippen LogP contribution is 2.23. The van der Waals surface area contributed by atoms with Crippen LogP contribution in [0.25, 0.3) is 5.69 Å². The van der Waals surface area contributed by atoms with Crippen LogP contribution in [0.4, 0.5) is 28.4 Å². The van der Waals surface area contributed by atoms with E-state index in [1.54, 1.807) is 26.8 Å². The first-order valence-electron chi connectivity index (χ1n) is 11.5. The standard InChI is InChI=1S/C24H30F3N5O4/c1-24(2,3)36-23(35)31-9-5-7-16(12-31)29-21(33)18-13-32(17-8-4-6-15(25)10-17)14-19(18)30-22(34)28-11-20(26)27/h4,6,8,10,13-14,16,20H,5,7,9,11-12H2,1-3H3,(H,29,33)(H2,28,30,34). The largest absolute Gasteiger partial charge is 0.444 e. The van der Waals surface area contributed by atoms with Crippen molar-refractivity contribution in [1.29, 1.82) is 0 Å². The number of likely N-dealkylation sites (tertiary alicyclic amines) is 1. The highest BCUT2D eigenvalue weighted by Gasteiger charge is 2.29. The van der Waals surface area contributed by atoms with Gasteiger partial charge in [-0.3, -0.25) is 4.79 Å². The molecule has 1 unspecified atom stereocenters. The van der Waals surface area contributed by atoms with Crippen molar-refractivity contribution < 1.29 is 32.3 Å². The zero-order valence-electron chi connectivity index (χ0n) is 20.3. The number of halogens is 3. The van der Waals surface area contributed by atoms with Gasteiger partial charge in [0.2, 0.25) is 0 Å². The molecule has 0 radical (unpaired) electrons. The number of benzene rings is 1. The Labute approximate surface area is 207 Å². The number of urea groups is 1. The Morgan fingerprint density at radius 2 is 1.94 bits per heavy atom. The lowest BCUT2D eigenvalue weighted by molar-refractivity contribution is 0.0185. The van der Waals surface area contributed by atoms with Crippen LogP contribution in [0.2, 0.25) is 0 Å². The first kappa shape index (κ1) is 26.9. The van der Waals surface area contributed by atoms with Gasteiger partial charge in [-0.25, -0.2) is 22.8 Å². The second kappa shape index (κ2) is 11.4. The van der Waals surface area contributed by atoms with Gasteiger partial charge in [-0.05, 0) is 51.8 Å². The van der Waals surface area contributed by atoms with Crippen LogP contribution in [0, 0.1) is 5.82 Å². The van der Waals surface area contributed by atoms with E-state index in [2.05, 4.69) is 10.6 Å². The second-order valence-corrected chi connectivity index (χ2v) is 9.44. The molecule has 1 atom stereocenters. The molecular formula is C24H30F3N5O4. The lowest BCUT2D eigenvalue weighted by Crippen LogP contribution is -2.50. The van der Waals surface area contributed by atoms with Gasteiger partial charge in [0.15, 0.2) is 0 Å². The summed E-state index contributed by atoms with van der Waals surface area (Å²) in [7, 11) is 0. The van der Waals surface area contributed by atoms with Gasteiger partial charge in [0, 0.05) is 37.2 Å². The second-order valence-electron chi connectivity index (χ2n) is 9.44. The van der Waals surface area contributed by atoms with E-state index < -0.39 is 42.4 Å². The highest BCUT2D eigenvalue weighted by molar-refractivity contribution is 6.03. The number of alkyl halides is 2. The summed E-state index contributed by atoms with van der Waals surface area (Å²) in [6, 6.07) is 4.29. The molecule has 2 aromatic rings. The summed E-state index contributed by atoms with van der Waals surface area (Å²) >= 11 is 0. The normalized spacial score (nSPS) is 16.0. The molecule has 1 aliphatic heterocycles. The van der Waals surface area contributed by atoms with Crippen LogP contribution in [-0.4, -0.2) is 65.2 Å². The van der Waals surface area contributed by atoms with Gasteiger partial charge in [-0.15, -0.1) is 0 Å². The molecule has 196 valence electrons. The Hall–Kier alpha value is -3.70. The number of anilines is 1. The predicted molar refractivity (Wildman–Crippen MR) is 127 cm³/mol. The van der Waals surface area contributed by atoms with E-state index in [1.807, 2.05) is 5.32 Å². The fraction of sp³-hybridized carbons (Fsp3) is 0.458. The van der Waals surface area contributed by atoms with Crippen molar-refractivity contribution in [3.05, 3.63) is 48.0 Å². The maximum atomic E-state index is 13.7. The van der Waals surface area contributed by atoms with E-state index in [1.165, 1.54) is 40.1 Å². The Kier molecular flexibility index (Phi) is 8.49. The van der Waals surface area contributed by atoms with E-state index in [9.17, 15) is 27.6 Å². The minimum atomic E-state index is -2.74. The summed E-state index contributed by atoms with van der Waals surface area (Å²) in [4.78, 5) is 39.2. The smallest absolute Gasteiger partial charge is 0.410 e. The summed E-state index contributed by atoms with van der Waals surface area (Å²) in [6.07, 6.45) is 0.843. The van der Waals surface area contributed by atoms with E-state index in [0.717, 1.165) is 0 Å². The average Bonchev–Trinajstić information content (AvgIpc) is 3.20. The van der Waals surface area contributed by atoms with Crippen LogP contribution < -0.4 is 16.0 Å². The molecule has 36 heavy (non-hydrogen) atoms. The van der Waals surface area contributed by atoms with Crippen molar-refractivity contribution in [3.8, 4) is 5.69 Å². The highest BCUT2D eigenvalue weighted by atomic mass is 19.3. The Morgan fingerprint density at radius 1 is 1.19 bits per heavy atom. The van der Waals surface area contributed by atoms with Crippen molar-refractivity contribution in [1.82, 2.24) is 20.1 Å². The predicted octanol–water partition coefficient (Wildman–Crippen LogP) is 4.13. The molecule has 0 saturated carbocycles. The van der Waals surface area contributed by atoms with Crippen molar-refractivity contribution in [3.63, 3.8) is 0 Å². The summed E-state index contributed by atoms with van der Waals surface area (Å²) in [6.45, 7) is 5.17. The lowest BCUT2D eigenvalue weighted by atomic mass is 10.1. The van der Waals surface area contributed by atoms with Gasteiger partial charge in [-0.1, -0.05) is 6.07 Å². The fourth-order valence-electron chi connectivity index (χ4n) is 3.71. The number of rotatable bonds is 6. The number of carbonyl (C=O) groups excluding carboxylic acids is 3. The van der Waals surface area contributed by atoms with Crippen molar-refractivity contribution >= 4 is 23.7 Å². The lowest BCUT2D eigenvalue weighted by Gasteiger charge is -2.34. The van der Waals surface area contributed by atoms with Gasteiger partial charge in [0.1, 0.15) is 11.4 Å². The maximum absolute atomic E-state index is 13.7. The van der Waals surface area contributed by atoms with E-state index in [-0.39, 0.29) is 23.8 Å². The molecule has 9 nitrogen and oxygen atoms in total. The van der Waals surface area contributed by atoms with Gasteiger partial charge in [0.25, 0.3) is 12.3 Å². The Balaban J connectivity index is 1.77. The zero-order valence-corrected chi connectivity index (χ0v) is 20.3. The van der Waals surface area contributed by atoms with E-state index >= 15 is 0 Å². The van der Waals surface area contributed by atoms with Crippen LogP contribution in [-0.2, 0) is 4.74 Å². The minimum absolute atomic E-state index is 0.0425. The Bertz CT molecular complexity index is 1100. The third-order valence-electron chi connectivity index (χ3n) is 5.25. The topological polar surface area (TPSA) is 105 Å². The molecule has 1 aliphatic rings. The van der Waals surface area contributed by atoms with Gasteiger partial charge >= 0.3 is 12.1 Å². The molecule has 3 N–H and O–H groups in total. The first-order chi connectivity index (χ1) is 16.9. The van der Waals surface area contributed by atoms with Gasteiger partial charge in [0.05, 0.1) is 17.8 Å². The molecule has 4 amide bonds. The average molecular weight is 510 g/mol. The molecule has 0 bridgehead atoms. The number of piperidine rings is 1. The third-order valence-corrected chi connectivity index (χ3v) is 5.25. The number of hydrogen-bond acceptors (Lipinski definition) is 4. The number of aromatic nitrogens is 1. The number of hydrogen-bond donors (Lipinski definition) is 3. The minimum Gasteiger partial charge on any atom is -0.444 e. The van der Waals surface area contributed by atoms with Crippen molar-refractivity contribution in [2.45, 2.75) is 51.7 Å². The number of amides is 4. The molecule has 1 aromatic heterocycles. The van der Waals surface area contributed by atoms with Crippen LogP contribution in [0.15, 0.2) is 36.7 Å². The van der Waals surface area contributed by atoms with Gasteiger partial charge < -0.3 is 30.2 Å². The number of nitrogens with one attached hydrogen (secondary N) is 3. The molecule has 3 rings (SSSR count). The van der Waals surface area contributed by atoms with Crippen molar-refractivity contribution in [2.75, 3.05) is 25.0 Å². The molecule has 1 aromatic carbocycles. The van der Waals surface area contributed by atoms with Gasteiger partial charge in [-0.2, -0.15) is 0 Å². The quantitative estimate of drug-likeness (QED) is 0.545. The molecule has 0 spiro atoms. The third kappa shape index (κ3) is 7.65. The first-order valence-corrected chi connectivity index (χ1v) is 11.5. The number of ether oxygens (including phenoxy) is 1. The summed E-state index contributed by atoms with van der Waals surface area (Å²) < 4.78 is 45.5. The Morgan fingerprint density at radius 3 is 2.61 bits per heavy atom. The maximum Gasteiger partial charge on any atom is 0.410 e.